The zero-order valence-electron chi connectivity index (χ0n) is 50.7. The van der Waals surface area contributed by atoms with Crippen LogP contribution in [-0.2, 0) is 47.7 Å². The zero-order chi connectivity index (χ0) is 66.8. The number of thioether (sulfide) groups is 2. The van der Waals surface area contributed by atoms with Crippen LogP contribution in [0.3, 0.4) is 0 Å². The Kier molecular flexibility index (Phi) is 29.2. The molecular formula is C64H80N6O20S2. The Hall–Kier alpha value is -7.58. The van der Waals surface area contributed by atoms with E-state index in [-0.39, 0.29) is 37.4 Å². The smallest absolute Gasteiger partial charge is 0.364 e. The van der Waals surface area contributed by atoms with Crippen molar-refractivity contribution < 1.29 is 98.2 Å². The number of hydrogen-bond acceptors (Lipinski definition) is 20. The van der Waals surface area contributed by atoms with Crippen molar-refractivity contribution in [3.8, 4) is 22.3 Å². The van der Waals surface area contributed by atoms with E-state index in [9.17, 15) is 79.2 Å². The average molecular weight is 1320 g/mol. The predicted molar refractivity (Wildman–Crippen MR) is 339 cm³/mol. The topological polar surface area (TPSA) is 408 Å². The van der Waals surface area contributed by atoms with E-state index in [1.54, 1.807) is 48.5 Å². The summed E-state index contributed by atoms with van der Waals surface area (Å²) in [5.74, 6) is -9.69. The van der Waals surface area contributed by atoms with Gasteiger partial charge < -0.3 is 91.7 Å². The first-order valence-electron chi connectivity index (χ1n) is 29.7. The summed E-state index contributed by atoms with van der Waals surface area (Å²) in [6, 6.07) is 29.6. The monoisotopic (exact) mass is 1320 g/mol. The first-order chi connectivity index (χ1) is 44.0. The molecule has 6 rings (SSSR count). The van der Waals surface area contributed by atoms with Crippen LogP contribution in [0.1, 0.15) is 60.2 Å². The molecule has 2 aliphatic heterocycles. The van der Waals surface area contributed by atoms with Crippen LogP contribution in [-0.4, -0.2) is 223 Å². The molecule has 0 radical (unpaired) electrons. The van der Waals surface area contributed by atoms with Gasteiger partial charge in [0, 0.05) is 87.7 Å². The number of benzene rings is 4. The highest BCUT2D eigenvalue weighted by atomic mass is 32.2. The summed E-state index contributed by atoms with van der Waals surface area (Å²) in [6.45, 7) is 1.43. The van der Waals surface area contributed by atoms with Crippen LogP contribution < -0.4 is 31.9 Å². The molecule has 28 heteroatoms. The fourth-order valence-corrected chi connectivity index (χ4v) is 11.5. The van der Waals surface area contributed by atoms with Crippen LogP contribution >= 0.6 is 23.5 Å². The fourth-order valence-electron chi connectivity index (χ4n) is 9.96. The molecule has 12 atom stereocenters. The van der Waals surface area contributed by atoms with Gasteiger partial charge in [0.05, 0.1) is 49.7 Å². The van der Waals surface area contributed by atoms with Crippen molar-refractivity contribution in [1.29, 1.82) is 0 Å². The van der Waals surface area contributed by atoms with Crippen molar-refractivity contribution in [2.45, 2.75) is 112 Å². The molecule has 1 unspecified atom stereocenters. The molecule has 0 saturated carbocycles. The summed E-state index contributed by atoms with van der Waals surface area (Å²) < 4.78 is 23.1. The molecule has 2 fully saturated rings. The van der Waals surface area contributed by atoms with Gasteiger partial charge in [0.15, 0.2) is 0 Å². The van der Waals surface area contributed by atoms with E-state index >= 15 is 0 Å². The third-order valence-corrected chi connectivity index (χ3v) is 16.8. The Bertz CT molecular complexity index is 2930. The van der Waals surface area contributed by atoms with E-state index in [1.807, 2.05) is 60.7 Å². The largest absolute Gasteiger partial charge is 0.477 e. The molecular weight excluding hydrogens is 1240 g/mol. The Labute approximate surface area is 539 Å². The molecule has 26 nitrogen and oxygen atoms in total. The number of ether oxygens (including phenoxy) is 4. The quantitative estimate of drug-likeness (QED) is 0.0174. The normalized spacial score (nSPS) is 22.7. The van der Waals surface area contributed by atoms with E-state index in [0.29, 0.717) is 35.9 Å². The van der Waals surface area contributed by atoms with Crippen LogP contribution in [0.4, 0.5) is 0 Å². The maximum absolute atomic E-state index is 13.0. The number of aliphatic hydroxyl groups is 6. The number of nitrogens with one attached hydrogen (secondary N) is 6. The Morgan fingerprint density at radius 2 is 0.870 bits per heavy atom. The van der Waals surface area contributed by atoms with Gasteiger partial charge in [0.2, 0.25) is 23.6 Å². The molecule has 92 heavy (non-hydrogen) atoms. The molecule has 4 aromatic carbocycles. The van der Waals surface area contributed by atoms with E-state index in [4.69, 9.17) is 18.9 Å². The van der Waals surface area contributed by atoms with Crippen molar-refractivity contribution >= 4 is 70.9 Å². The standard InChI is InChI=1S/C64H80N6O20S2/c1-39(71)69-53-47(73)35-63(61(83)84,89-57(53)55(79)49(75)37-67-59(81)45-23-19-43(20-24-45)41-13-5-3-6-14-41)87-29-11-31-91-33-27-65-51(77)17-9-10-18-52(78)66-28-34-92-32-12-30-88-64(62(85)86)36-48(74)54(70-40(2)72)58(90-64)56(80)50(76)38-68-60(82)46-25-21-44(22-26-46)42-15-7-4-8-16-42/h3-10,13-26,47-50,53-58,73-76,79-80H,11-12,27-38H2,1-2H3,(H,65,77)(H,66,78)(H,67,81)(H,68,82)(H,69,71)(H,70,72)(H,83,84)(H,85,86)/b17-9+,18-10+/t47-,48-,49+,50+,53+,54+,55+,56+,57+,58?,63+,64+/m0/s1. The van der Waals surface area contributed by atoms with Crippen molar-refractivity contribution in [2.75, 3.05) is 62.4 Å². The molecule has 6 amide bonds. The lowest BCUT2D eigenvalue weighted by molar-refractivity contribution is -0.310. The van der Waals surface area contributed by atoms with Gasteiger partial charge in [-0.1, -0.05) is 97.1 Å². The lowest BCUT2D eigenvalue weighted by Gasteiger charge is -2.46. The summed E-state index contributed by atoms with van der Waals surface area (Å²) in [5, 5.41) is 103. The molecule has 4 aromatic rings. The molecule has 0 aromatic heterocycles. The SMILES string of the molecule is CC(=O)N[C@H]1[C@H]([C@H](O)[C@H](O)CNC(=O)c2ccc(-c3ccccc3)cc2)O[C@@](OCCCSCCNC(=O)/C=C/C=C/C(=O)NCCSCCCO[C@]2(C(=O)O)C[C@H](O)[C@@H](NC(C)=O)C([C@H](O)[C@H](O)CNC(=O)c3ccc(-c4ccccc4)cc3)O2)(C(=O)O)C[C@@H]1O. The minimum Gasteiger partial charge on any atom is -0.477 e. The van der Waals surface area contributed by atoms with Crippen molar-refractivity contribution in [3.63, 3.8) is 0 Å². The van der Waals surface area contributed by atoms with E-state index in [1.165, 1.54) is 47.8 Å². The molecule has 2 heterocycles. The first kappa shape index (κ1) is 73.5. The second-order valence-corrected chi connectivity index (χ2v) is 24.1. The van der Waals surface area contributed by atoms with Gasteiger partial charge in [-0.15, -0.1) is 0 Å². The fraction of sp³-hybridized carbons (Fsp3) is 0.438. The predicted octanol–water partition coefficient (Wildman–Crippen LogP) is 1.12. The molecule has 498 valence electrons. The molecule has 0 aliphatic carbocycles. The van der Waals surface area contributed by atoms with Gasteiger partial charge in [0.25, 0.3) is 23.4 Å². The van der Waals surface area contributed by atoms with Crippen LogP contribution in [0.15, 0.2) is 133 Å². The number of carbonyl (C=O) groups is 8. The van der Waals surface area contributed by atoms with E-state index in [2.05, 4.69) is 31.9 Å². The molecule has 2 aliphatic rings. The molecule has 2 saturated heterocycles. The summed E-state index contributed by atoms with van der Waals surface area (Å²) >= 11 is 2.83. The van der Waals surface area contributed by atoms with Crippen molar-refractivity contribution in [2.24, 2.45) is 0 Å². The molecule has 0 bridgehead atoms. The van der Waals surface area contributed by atoms with Gasteiger partial charge >= 0.3 is 11.9 Å². The van der Waals surface area contributed by atoms with Gasteiger partial charge in [-0.3, -0.25) is 28.8 Å². The average Bonchev–Trinajstić information content (AvgIpc) is 0.780. The number of carboxylic acid groups (broad SMARTS) is 2. The summed E-state index contributed by atoms with van der Waals surface area (Å²) in [5.41, 5.74) is 4.17. The van der Waals surface area contributed by atoms with Crippen LogP contribution in [0.25, 0.3) is 22.3 Å². The Balaban J connectivity index is 0.837. The van der Waals surface area contributed by atoms with Gasteiger partial charge in [-0.25, -0.2) is 9.59 Å². The summed E-state index contributed by atoms with van der Waals surface area (Å²) in [4.78, 5) is 100. The highest BCUT2D eigenvalue weighted by Gasteiger charge is 2.57. The minimum absolute atomic E-state index is 0.181. The number of rotatable bonds is 35. The number of hydrogen-bond donors (Lipinski definition) is 14. The second kappa shape index (κ2) is 36.6. The van der Waals surface area contributed by atoms with Crippen LogP contribution in [0, 0.1) is 0 Å². The summed E-state index contributed by atoms with van der Waals surface area (Å²) in [6.07, 6.45) is -9.46. The second-order valence-electron chi connectivity index (χ2n) is 21.6. The van der Waals surface area contributed by atoms with Crippen LogP contribution in [0.5, 0.6) is 0 Å². The van der Waals surface area contributed by atoms with Crippen molar-refractivity contribution in [3.05, 3.63) is 145 Å². The number of carboxylic acids is 2. The number of amides is 6. The third-order valence-electron chi connectivity index (χ3n) is 14.7. The van der Waals surface area contributed by atoms with E-state index < -0.39 is 146 Å². The number of carbonyl (C=O) groups excluding carboxylic acids is 6. The maximum Gasteiger partial charge on any atom is 0.364 e. The minimum atomic E-state index is -2.48. The zero-order valence-corrected chi connectivity index (χ0v) is 52.3. The molecule has 14 N–H and O–H groups in total. The summed E-state index contributed by atoms with van der Waals surface area (Å²) in [7, 11) is 0. The van der Waals surface area contributed by atoms with Gasteiger partial charge in [-0.05, 0) is 70.9 Å². The highest BCUT2D eigenvalue weighted by molar-refractivity contribution is 7.99. The first-order valence-corrected chi connectivity index (χ1v) is 32.0. The lowest BCUT2D eigenvalue weighted by atomic mass is 9.88. The van der Waals surface area contributed by atoms with Gasteiger partial charge in [-0.2, -0.15) is 23.5 Å². The maximum atomic E-state index is 13.0. The third kappa shape index (κ3) is 22.0. The number of allylic oxidation sites excluding steroid dienone is 2. The highest BCUT2D eigenvalue weighted by Crippen LogP contribution is 2.36. The Morgan fingerprint density at radius 3 is 1.21 bits per heavy atom. The lowest BCUT2D eigenvalue weighted by Crippen LogP contribution is -2.68. The number of aliphatic carboxylic acids is 2. The number of aliphatic hydroxyl groups excluding tert-OH is 6. The molecule has 0 spiro atoms. The van der Waals surface area contributed by atoms with Gasteiger partial charge in [0.1, 0.15) is 24.4 Å². The Morgan fingerprint density at radius 1 is 0.522 bits per heavy atom. The van der Waals surface area contributed by atoms with Crippen LogP contribution in [0.2, 0.25) is 0 Å². The van der Waals surface area contributed by atoms with Crippen molar-refractivity contribution in [1.82, 2.24) is 31.9 Å². The van der Waals surface area contributed by atoms with E-state index in [0.717, 1.165) is 36.1 Å².